The minimum Gasteiger partial charge on any atom is -0.480 e. The average molecular weight is 316 g/mol. The van der Waals surface area contributed by atoms with Crippen LogP contribution in [-0.4, -0.2) is 23.7 Å². The van der Waals surface area contributed by atoms with Crippen molar-refractivity contribution in [1.29, 1.82) is 0 Å². The van der Waals surface area contributed by atoms with Crippen LogP contribution in [0.25, 0.3) is 0 Å². The number of ether oxygens (including phenoxy) is 1. The molecule has 2 atom stereocenters. The number of carbonyl (C=O) groups is 1. The Labute approximate surface area is 115 Å². The Morgan fingerprint density at radius 1 is 1.50 bits per heavy atom. The van der Waals surface area contributed by atoms with Gasteiger partial charge in [-0.3, -0.25) is 4.79 Å². The van der Waals surface area contributed by atoms with Gasteiger partial charge in [0.15, 0.2) is 6.10 Å². The largest absolute Gasteiger partial charge is 0.480 e. The SMILES string of the molecule is CCNC(=O)C(C)Oc1cc(Br)ccc1[C@H](C)O. The molecule has 1 aromatic carbocycles. The van der Waals surface area contributed by atoms with Gasteiger partial charge in [-0.15, -0.1) is 0 Å². The Kier molecular flexibility index (Phi) is 5.62. The number of carbonyl (C=O) groups excluding carboxylic acids is 1. The summed E-state index contributed by atoms with van der Waals surface area (Å²) >= 11 is 3.34. The maximum absolute atomic E-state index is 11.6. The lowest BCUT2D eigenvalue weighted by atomic mass is 10.1. The first kappa shape index (κ1) is 15.0. The minimum atomic E-state index is -0.644. The fourth-order valence-electron chi connectivity index (χ4n) is 1.52. The van der Waals surface area contributed by atoms with Gasteiger partial charge < -0.3 is 15.2 Å². The molecular formula is C13H18BrNO3. The van der Waals surface area contributed by atoms with Crippen LogP contribution in [-0.2, 0) is 4.79 Å². The molecule has 100 valence electrons. The Morgan fingerprint density at radius 2 is 2.17 bits per heavy atom. The second kappa shape index (κ2) is 6.75. The molecule has 0 saturated carbocycles. The summed E-state index contributed by atoms with van der Waals surface area (Å²) < 4.78 is 6.44. The van der Waals surface area contributed by atoms with E-state index in [2.05, 4.69) is 21.2 Å². The van der Waals surface area contributed by atoms with Gasteiger partial charge in [-0.2, -0.15) is 0 Å². The van der Waals surface area contributed by atoms with Crippen LogP contribution in [0.5, 0.6) is 5.75 Å². The van der Waals surface area contributed by atoms with Crippen molar-refractivity contribution in [3.63, 3.8) is 0 Å². The fourth-order valence-corrected chi connectivity index (χ4v) is 1.86. The summed E-state index contributed by atoms with van der Waals surface area (Å²) in [6, 6.07) is 5.35. The highest BCUT2D eigenvalue weighted by atomic mass is 79.9. The number of amides is 1. The molecule has 0 saturated heterocycles. The van der Waals surface area contributed by atoms with Gasteiger partial charge in [0, 0.05) is 16.6 Å². The summed E-state index contributed by atoms with van der Waals surface area (Å²) in [5.74, 6) is 0.340. The van der Waals surface area contributed by atoms with Crippen LogP contribution in [0.1, 0.15) is 32.4 Å². The van der Waals surface area contributed by atoms with E-state index in [-0.39, 0.29) is 5.91 Å². The maximum Gasteiger partial charge on any atom is 0.260 e. The van der Waals surface area contributed by atoms with E-state index in [1.807, 2.05) is 13.0 Å². The Hall–Kier alpha value is -1.07. The molecule has 4 nitrogen and oxygen atoms in total. The number of likely N-dealkylation sites (N-methyl/N-ethyl adjacent to an activating group) is 1. The standard InChI is InChI=1S/C13H18BrNO3/c1-4-15-13(17)9(3)18-12-7-10(14)5-6-11(12)8(2)16/h5-9,16H,4H2,1-3H3,(H,15,17)/t8-,9?/m0/s1. The molecule has 0 fully saturated rings. The van der Waals surface area contributed by atoms with Gasteiger partial charge in [-0.25, -0.2) is 0 Å². The molecule has 1 amide bonds. The third kappa shape index (κ3) is 3.99. The van der Waals surface area contributed by atoms with Crippen LogP contribution < -0.4 is 10.1 Å². The van der Waals surface area contributed by atoms with Gasteiger partial charge in [0.25, 0.3) is 5.91 Å². The summed E-state index contributed by atoms with van der Waals surface area (Å²) in [6.45, 7) is 5.75. The highest BCUT2D eigenvalue weighted by Crippen LogP contribution is 2.29. The molecule has 1 rings (SSSR count). The van der Waals surface area contributed by atoms with Crippen LogP contribution in [0.3, 0.4) is 0 Å². The second-order valence-corrected chi connectivity index (χ2v) is 4.93. The molecule has 0 spiro atoms. The molecule has 2 N–H and O–H groups in total. The maximum atomic E-state index is 11.6. The quantitative estimate of drug-likeness (QED) is 0.877. The Morgan fingerprint density at radius 3 is 2.72 bits per heavy atom. The number of rotatable bonds is 5. The first-order chi connectivity index (χ1) is 8.45. The smallest absolute Gasteiger partial charge is 0.260 e. The summed E-state index contributed by atoms with van der Waals surface area (Å²) in [7, 11) is 0. The zero-order valence-corrected chi connectivity index (χ0v) is 12.3. The van der Waals surface area contributed by atoms with Gasteiger partial charge >= 0.3 is 0 Å². The van der Waals surface area contributed by atoms with Gasteiger partial charge in [-0.1, -0.05) is 22.0 Å². The van der Waals surface area contributed by atoms with Crippen molar-refractivity contribution in [3.05, 3.63) is 28.2 Å². The van der Waals surface area contributed by atoms with E-state index in [0.29, 0.717) is 17.9 Å². The zero-order valence-electron chi connectivity index (χ0n) is 10.7. The molecule has 0 heterocycles. The highest BCUT2D eigenvalue weighted by molar-refractivity contribution is 9.10. The number of nitrogens with one attached hydrogen (secondary N) is 1. The van der Waals surface area contributed by atoms with E-state index >= 15 is 0 Å². The summed E-state index contributed by atoms with van der Waals surface area (Å²) in [5, 5.41) is 12.3. The number of hydrogen-bond donors (Lipinski definition) is 2. The van der Waals surface area contributed by atoms with Crippen molar-refractivity contribution in [2.24, 2.45) is 0 Å². The molecule has 0 aromatic heterocycles. The summed E-state index contributed by atoms with van der Waals surface area (Å²) in [5.41, 5.74) is 0.661. The van der Waals surface area contributed by atoms with Crippen LogP contribution in [0.15, 0.2) is 22.7 Å². The van der Waals surface area contributed by atoms with Crippen molar-refractivity contribution in [3.8, 4) is 5.75 Å². The molecule has 18 heavy (non-hydrogen) atoms. The third-order valence-electron chi connectivity index (χ3n) is 2.45. The van der Waals surface area contributed by atoms with Crippen molar-refractivity contribution < 1.29 is 14.6 Å². The first-order valence-corrected chi connectivity index (χ1v) is 6.66. The lowest BCUT2D eigenvalue weighted by Gasteiger charge is -2.18. The van der Waals surface area contributed by atoms with E-state index < -0.39 is 12.2 Å². The van der Waals surface area contributed by atoms with Gasteiger partial charge in [0.1, 0.15) is 5.75 Å². The Bertz CT molecular complexity index is 421. The number of aliphatic hydroxyl groups is 1. The zero-order chi connectivity index (χ0) is 13.7. The number of benzene rings is 1. The van der Waals surface area contributed by atoms with Crippen molar-refractivity contribution in [1.82, 2.24) is 5.32 Å². The van der Waals surface area contributed by atoms with Crippen LogP contribution >= 0.6 is 15.9 Å². The lowest BCUT2D eigenvalue weighted by molar-refractivity contribution is -0.127. The molecule has 0 bridgehead atoms. The first-order valence-electron chi connectivity index (χ1n) is 5.87. The fraction of sp³-hybridized carbons (Fsp3) is 0.462. The number of aliphatic hydroxyl groups excluding tert-OH is 1. The van der Waals surface area contributed by atoms with Crippen LogP contribution in [0, 0.1) is 0 Å². The molecule has 0 radical (unpaired) electrons. The van der Waals surface area contributed by atoms with Gasteiger partial charge in [0.2, 0.25) is 0 Å². The summed E-state index contributed by atoms with van der Waals surface area (Å²) in [4.78, 5) is 11.6. The number of halogens is 1. The minimum absolute atomic E-state index is 0.172. The van der Waals surface area contributed by atoms with Crippen molar-refractivity contribution in [2.75, 3.05) is 6.54 Å². The molecule has 0 aliphatic heterocycles. The molecule has 1 aromatic rings. The molecule has 1 unspecified atom stereocenters. The van der Waals surface area contributed by atoms with E-state index in [0.717, 1.165) is 4.47 Å². The van der Waals surface area contributed by atoms with Crippen LogP contribution in [0.2, 0.25) is 0 Å². The van der Waals surface area contributed by atoms with E-state index in [1.165, 1.54) is 0 Å². The highest BCUT2D eigenvalue weighted by Gasteiger charge is 2.17. The van der Waals surface area contributed by atoms with Crippen LogP contribution in [0.4, 0.5) is 0 Å². The number of hydrogen-bond acceptors (Lipinski definition) is 3. The predicted molar refractivity (Wildman–Crippen MR) is 73.5 cm³/mol. The monoisotopic (exact) mass is 315 g/mol. The van der Waals surface area contributed by atoms with Crippen molar-refractivity contribution in [2.45, 2.75) is 33.0 Å². The molecular weight excluding hydrogens is 298 g/mol. The van der Waals surface area contributed by atoms with E-state index in [9.17, 15) is 9.90 Å². The van der Waals surface area contributed by atoms with Gasteiger partial charge in [-0.05, 0) is 32.9 Å². The predicted octanol–water partition coefficient (Wildman–Crippen LogP) is 2.41. The van der Waals surface area contributed by atoms with E-state index in [4.69, 9.17) is 4.74 Å². The third-order valence-corrected chi connectivity index (χ3v) is 2.94. The molecule has 5 heteroatoms. The molecule has 0 aliphatic rings. The lowest BCUT2D eigenvalue weighted by Crippen LogP contribution is -2.36. The molecule has 0 aliphatic carbocycles. The Balaban J connectivity index is 2.88. The van der Waals surface area contributed by atoms with Gasteiger partial charge in [0.05, 0.1) is 6.10 Å². The van der Waals surface area contributed by atoms with Crippen molar-refractivity contribution >= 4 is 21.8 Å². The van der Waals surface area contributed by atoms with E-state index in [1.54, 1.807) is 26.0 Å². The topological polar surface area (TPSA) is 58.6 Å². The average Bonchev–Trinajstić information content (AvgIpc) is 2.28. The second-order valence-electron chi connectivity index (χ2n) is 4.01. The summed E-state index contributed by atoms with van der Waals surface area (Å²) in [6.07, 6.45) is -1.24. The normalized spacial score (nSPS) is 13.8.